The number of amides is 1. The number of fused-ring (bicyclic) bond motifs is 1. The van der Waals surface area contributed by atoms with Crippen LogP contribution in [0.25, 0.3) is 10.9 Å². The highest BCUT2D eigenvalue weighted by atomic mass is 19.1. The number of primary amides is 1. The second-order valence-corrected chi connectivity index (χ2v) is 7.79. The van der Waals surface area contributed by atoms with Gasteiger partial charge in [0.2, 0.25) is 5.91 Å². The largest absolute Gasteiger partial charge is 0.380 e. The molecule has 1 aliphatic rings. The van der Waals surface area contributed by atoms with Gasteiger partial charge < -0.3 is 11.1 Å². The zero-order valence-corrected chi connectivity index (χ0v) is 16.6. The van der Waals surface area contributed by atoms with Crippen molar-refractivity contribution in [1.29, 1.82) is 0 Å². The van der Waals surface area contributed by atoms with Gasteiger partial charge >= 0.3 is 0 Å². The molecule has 4 rings (SSSR count). The van der Waals surface area contributed by atoms with E-state index in [0.29, 0.717) is 24.2 Å². The molecule has 2 aromatic carbocycles. The molecular formula is C23H24F2N4O. The van der Waals surface area contributed by atoms with Gasteiger partial charge in [0.05, 0.1) is 5.92 Å². The Morgan fingerprint density at radius 1 is 1.20 bits per heavy atom. The molecule has 0 radical (unpaired) electrons. The maximum absolute atomic E-state index is 14.0. The summed E-state index contributed by atoms with van der Waals surface area (Å²) >= 11 is 0. The van der Waals surface area contributed by atoms with Gasteiger partial charge in [-0.15, -0.1) is 0 Å². The number of piperidine rings is 1. The molecule has 0 aliphatic carbocycles. The van der Waals surface area contributed by atoms with Gasteiger partial charge in [0.1, 0.15) is 11.3 Å². The quantitative estimate of drug-likeness (QED) is 0.648. The van der Waals surface area contributed by atoms with Crippen molar-refractivity contribution in [3.05, 3.63) is 71.4 Å². The van der Waals surface area contributed by atoms with Crippen LogP contribution in [0.1, 0.15) is 24.0 Å². The normalized spacial score (nSPS) is 17.2. The number of likely N-dealkylation sites (tertiary alicyclic amines) is 1. The third-order valence-corrected chi connectivity index (χ3v) is 5.55. The lowest BCUT2D eigenvalue weighted by Gasteiger charge is -2.31. The number of nitrogens with zero attached hydrogens (tertiary/aromatic N) is 2. The van der Waals surface area contributed by atoms with Crippen LogP contribution in [0.3, 0.4) is 0 Å². The Hall–Kier alpha value is -3.06. The van der Waals surface area contributed by atoms with Gasteiger partial charge in [-0.2, -0.15) is 0 Å². The predicted molar refractivity (Wildman–Crippen MR) is 113 cm³/mol. The third-order valence-electron chi connectivity index (χ3n) is 5.55. The van der Waals surface area contributed by atoms with E-state index in [-0.39, 0.29) is 17.3 Å². The van der Waals surface area contributed by atoms with E-state index in [1.54, 1.807) is 6.07 Å². The smallest absolute Gasteiger partial charge is 0.221 e. The highest BCUT2D eigenvalue weighted by Crippen LogP contribution is 2.25. The molecule has 0 spiro atoms. The molecule has 1 amide bonds. The fourth-order valence-electron chi connectivity index (χ4n) is 4.06. The number of nitrogens with one attached hydrogen (secondary N) is 1. The van der Waals surface area contributed by atoms with E-state index in [1.807, 2.05) is 12.1 Å². The summed E-state index contributed by atoms with van der Waals surface area (Å²) in [6.07, 6.45) is 3.33. The average Bonchev–Trinajstić information content (AvgIpc) is 2.73. The lowest BCUT2D eigenvalue weighted by Crippen LogP contribution is -2.40. The number of benzene rings is 2. The van der Waals surface area contributed by atoms with Gasteiger partial charge in [-0.1, -0.05) is 24.3 Å². The van der Waals surface area contributed by atoms with Crippen LogP contribution in [0, 0.1) is 17.6 Å². The van der Waals surface area contributed by atoms with Gasteiger partial charge in [0.15, 0.2) is 5.82 Å². The zero-order chi connectivity index (χ0) is 21.1. The van der Waals surface area contributed by atoms with Crippen LogP contribution in [0.15, 0.2) is 48.7 Å². The summed E-state index contributed by atoms with van der Waals surface area (Å²) in [5.74, 6) is -1.61. The molecule has 3 aromatic rings. The van der Waals surface area contributed by atoms with E-state index in [0.717, 1.165) is 43.1 Å². The molecule has 156 valence electrons. The molecule has 5 nitrogen and oxygen atoms in total. The van der Waals surface area contributed by atoms with Crippen LogP contribution in [0.2, 0.25) is 0 Å². The summed E-state index contributed by atoms with van der Waals surface area (Å²) in [5, 5.41) is 3.68. The number of pyridine rings is 1. The highest BCUT2D eigenvalue weighted by molar-refractivity contribution is 5.91. The summed E-state index contributed by atoms with van der Waals surface area (Å²) in [5.41, 5.74) is 8.45. The number of carbonyl (C=O) groups excluding carboxylic acids is 1. The Morgan fingerprint density at radius 2 is 2.03 bits per heavy atom. The number of anilines is 1. The van der Waals surface area contributed by atoms with Crippen molar-refractivity contribution in [2.75, 3.05) is 18.4 Å². The second-order valence-electron chi connectivity index (χ2n) is 7.79. The lowest BCUT2D eigenvalue weighted by molar-refractivity contribution is -0.123. The number of rotatable bonds is 6. The fourth-order valence-corrected chi connectivity index (χ4v) is 4.06. The minimum atomic E-state index is -0.675. The van der Waals surface area contributed by atoms with Crippen LogP contribution in [0.4, 0.5) is 14.5 Å². The van der Waals surface area contributed by atoms with E-state index in [9.17, 15) is 13.6 Å². The first-order valence-electron chi connectivity index (χ1n) is 10.1. The second kappa shape index (κ2) is 8.75. The topological polar surface area (TPSA) is 71.2 Å². The maximum Gasteiger partial charge on any atom is 0.221 e. The number of carbonyl (C=O) groups is 1. The predicted octanol–water partition coefficient (Wildman–Crippen LogP) is 3.82. The van der Waals surface area contributed by atoms with Crippen molar-refractivity contribution in [3.8, 4) is 0 Å². The molecule has 30 heavy (non-hydrogen) atoms. The number of halogens is 2. The van der Waals surface area contributed by atoms with Crippen molar-refractivity contribution in [2.24, 2.45) is 11.7 Å². The Balaban J connectivity index is 1.45. The molecule has 0 saturated carbocycles. The van der Waals surface area contributed by atoms with Gasteiger partial charge in [-0.3, -0.25) is 14.7 Å². The zero-order valence-electron chi connectivity index (χ0n) is 16.6. The van der Waals surface area contributed by atoms with E-state index in [1.165, 1.54) is 12.3 Å². The van der Waals surface area contributed by atoms with Crippen LogP contribution < -0.4 is 11.1 Å². The van der Waals surface area contributed by atoms with Gasteiger partial charge in [-0.05, 0) is 42.6 Å². The molecule has 1 saturated heterocycles. The third kappa shape index (κ3) is 4.57. The molecule has 1 atom stereocenters. The van der Waals surface area contributed by atoms with E-state index in [2.05, 4.69) is 27.3 Å². The molecule has 1 unspecified atom stereocenters. The molecular weight excluding hydrogens is 386 g/mol. The van der Waals surface area contributed by atoms with Crippen molar-refractivity contribution >= 4 is 22.5 Å². The van der Waals surface area contributed by atoms with E-state index in [4.69, 9.17) is 5.73 Å². The van der Waals surface area contributed by atoms with Crippen molar-refractivity contribution < 1.29 is 13.6 Å². The summed E-state index contributed by atoms with van der Waals surface area (Å²) in [6, 6.07) is 12.0. The summed E-state index contributed by atoms with van der Waals surface area (Å²) in [6.45, 7) is 2.91. The Morgan fingerprint density at radius 3 is 2.87 bits per heavy atom. The van der Waals surface area contributed by atoms with Gasteiger partial charge in [0.25, 0.3) is 0 Å². The number of hydrogen-bond donors (Lipinski definition) is 2. The number of nitrogens with two attached hydrogens (primary N) is 1. The first kappa shape index (κ1) is 20.2. The first-order valence-corrected chi connectivity index (χ1v) is 10.1. The fraction of sp³-hybridized carbons (Fsp3) is 0.304. The van der Waals surface area contributed by atoms with Crippen molar-refractivity contribution in [3.63, 3.8) is 0 Å². The summed E-state index contributed by atoms with van der Waals surface area (Å²) < 4.78 is 27.6. The molecule has 1 fully saturated rings. The Bertz CT molecular complexity index is 1070. The molecule has 3 N–H and O–H groups in total. The highest BCUT2D eigenvalue weighted by Gasteiger charge is 2.23. The Kier molecular flexibility index (Phi) is 5.90. The van der Waals surface area contributed by atoms with E-state index >= 15 is 0 Å². The van der Waals surface area contributed by atoms with Crippen LogP contribution in [-0.2, 0) is 17.9 Å². The minimum Gasteiger partial charge on any atom is -0.380 e. The first-order chi connectivity index (χ1) is 14.5. The van der Waals surface area contributed by atoms with Crippen molar-refractivity contribution in [1.82, 2.24) is 9.88 Å². The Labute approximate surface area is 173 Å². The van der Waals surface area contributed by atoms with Gasteiger partial charge in [0, 0.05) is 43.0 Å². The molecule has 2 heterocycles. The summed E-state index contributed by atoms with van der Waals surface area (Å²) in [4.78, 5) is 17.8. The molecule has 1 aromatic heterocycles. The van der Waals surface area contributed by atoms with E-state index < -0.39 is 11.6 Å². The minimum absolute atomic E-state index is 0.0793. The lowest BCUT2D eigenvalue weighted by atomic mass is 9.97. The number of aromatic nitrogens is 1. The molecule has 7 heteroatoms. The van der Waals surface area contributed by atoms with Crippen molar-refractivity contribution in [2.45, 2.75) is 25.9 Å². The monoisotopic (exact) mass is 410 g/mol. The molecule has 1 aliphatic heterocycles. The van der Waals surface area contributed by atoms with Crippen LogP contribution >= 0.6 is 0 Å². The molecule has 0 bridgehead atoms. The van der Waals surface area contributed by atoms with Crippen LogP contribution in [-0.4, -0.2) is 28.9 Å². The van der Waals surface area contributed by atoms with Gasteiger partial charge in [-0.25, -0.2) is 8.78 Å². The van der Waals surface area contributed by atoms with Crippen LogP contribution in [0.5, 0.6) is 0 Å². The summed E-state index contributed by atoms with van der Waals surface area (Å²) in [7, 11) is 0. The average molecular weight is 410 g/mol. The maximum atomic E-state index is 14.0. The standard InChI is InChI=1S/C23H24F2N4O/c24-18-10-19-21(6-7-27-22(19)20(25)11-18)28-12-15-3-1-4-16(9-15)13-29-8-2-5-17(14-29)23(26)30/h1,3-4,6-7,9-11,17H,2,5,8,12-14H2,(H2,26,30)(H,27,28). The SMILES string of the molecule is NC(=O)C1CCCN(Cc2cccc(CNc3ccnc4c(F)cc(F)cc34)c2)C1. The number of hydrogen-bond acceptors (Lipinski definition) is 4.